The lowest BCUT2D eigenvalue weighted by atomic mass is 9.41. The molecule has 8 heteroatoms. The van der Waals surface area contributed by atoms with Crippen LogP contribution < -0.4 is 0 Å². The smallest absolute Gasteiger partial charge is 0.256 e. The molecular formula is C24H32O8. The summed E-state index contributed by atoms with van der Waals surface area (Å²) in [6, 6.07) is 0. The van der Waals surface area contributed by atoms with Gasteiger partial charge in [0.25, 0.3) is 5.78 Å². The fourth-order valence-corrected chi connectivity index (χ4v) is 6.12. The molecule has 4 aliphatic rings. The zero-order valence-corrected chi connectivity index (χ0v) is 19.7. The lowest BCUT2D eigenvalue weighted by molar-refractivity contribution is -0.329. The van der Waals surface area contributed by atoms with Crippen LogP contribution in [0.15, 0.2) is 48.3 Å². The van der Waals surface area contributed by atoms with E-state index in [0.29, 0.717) is 5.57 Å². The van der Waals surface area contributed by atoms with E-state index in [-0.39, 0.29) is 12.2 Å². The van der Waals surface area contributed by atoms with Crippen molar-refractivity contribution in [2.75, 3.05) is 42.7 Å². The number of allylic oxidation sites excluding steroid dienone is 3. The Balaban J connectivity index is 2.59. The highest BCUT2D eigenvalue weighted by atomic mass is 16.7. The van der Waals surface area contributed by atoms with Gasteiger partial charge in [-0.15, -0.1) is 6.58 Å². The first-order valence-corrected chi connectivity index (χ1v) is 10.3. The Hall–Kier alpha value is -2.10. The molecule has 1 fully saturated rings. The third-order valence-corrected chi connectivity index (χ3v) is 7.31. The summed E-state index contributed by atoms with van der Waals surface area (Å²) >= 11 is 0. The monoisotopic (exact) mass is 448 g/mol. The first-order chi connectivity index (χ1) is 15.3. The number of rotatable bonds is 9. The Labute approximate surface area is 188 Å². The van der Waals surface area contributed by atoms with Crippen LogP contribution in [-0.2, 0) is 38.0 Å². The summed E-state index contributed by atoms with van der Waals surface area (Å²) in [5.41, 5.74) is -2.01. The number of fused-ring (bicyclic) bond motifs is 1. The molecule has 0 amide bonds. The van der Waals surface area contributed by atoms with Gasteiger partial charge in [0, 0.05) is 46.9 Å². The summed E-state index contributed by atoms with van der Waals surface area (Å²) in [5.74, 6) is -6.00. The van der Waals surface area contributed by atoms with Gasteiger partial charge in [0.05, 0.1) is 13.0 Å². The van der Waals surface area contributed by atoms with E-state index in [1.807, 2.05) is 19.1 Å². The van der Waals surface area contributed by atoms with Crippen molar-refractivity contribution in [2.24, 2.45) is 17.3 Å². The van der Waals surface area contributed by atoms with Crippen LogP contribution in [0, 0.1) is 17.3 Å². The summed E-state index contributed by atoms with van der Waals surface area (Å²) in [5, 5.41) is 0. The normalized spacial score (nSPS) is 34.8. The van der Waals surface area contributed by atoms with Gasteiger partial charge in [-0.05, 0) is 31.1 Å². The lowest BCUT2D eigenvalue weighted by Crippen LogP contribution is -2.81. The molecule has 4 atom stereocenters. The predicted octanol–water partition coefficient (Wildman–Crippen LogP) is 2.36. The highest BCUT2D eigenvalue weighted by Gasteiger charge is 2.82. The van der Waals surface area contributed by atoms with Gasteiger partial charge in [0.2, 0.25) is 17.4 Å². The van der Waals surface area contributed by atoms with Gasteiger partial charge in [-0.3, -0.25) is 9.59 Å². The summed E-state index contributed by atoms with van der Waals surface area (Å²) in [6.45, 7) is 5.77. The minimum atomic E-state index is -1.80. The van der Waals surface area contributed by atoms with Crippen LogP contribution in [0.5, 0.6) is 0 Å². The Kier molecular flexibility index (Phi) is 6.40. The highest BCUT2D eigenvalue weighted by Crippen LogP contribution is 2.68. The fourth-order valence-electron chi connectivity index (χ4n) is 6.12. The molecule has 0 radical (unpaired) electrons. The zero-order chi connectivity index (χ0) is 23.9. The second-order valence-corrected chi connectivity index (χ2v) is 8.10. The number of hydrogen-bond donors (Lipinski definition) is 0. The fraction of sp³-hybridized carbons (Fsp3) is 0.583. The second kappa shape index (κ2) is 8.35. The largest absolute Gasteiger partial charge is 0.493 e. The Morgan fingerprint density at radius 1 is 0.938 bits per heavy atom. The Morgan fingerprint density at radius 2 is 1.53 bits per heavy atom. The van der Waals surface area contributed by atoms with E-state index in [9.17, 15) is 9.59 Å². The molecule has 0 N–H and O–H groups in total. The van der Waals surface area contributed by atoms with Gasteiger partial charge < -0.3 is 28.4 Å². The molecule has 4 unspecified atom stereocenters. The molecule has 0 aromatic heterocycles. The molecule has 2 bridgehead atoms. The molecule has 0 aromatic rings. The van der Waals surface area contributed by atoms with Gasteiger partial charge in [-0.1, -0.05) is 18.2 Å². The third-order valence-electron chi connectivity index (χ3n) is 7.31. The molecule has 4 rings (SSSR count). The van der Waals surface area contributed by atoms with Crippen LogP contribution >= 0.6 is 0 Å². The standard InChI is InChI=1S/C24H32O8/c1-9-11-15-13-22(28-4)20(26)23(29-5,30-6)17(15)18-21(22,12-10-2)14-16(27-3)19(25)24(18,31-7)32-8/h9-11,13-14,17-18H,2,12H2,1,3-8H3/b11-9+. The maximum atomic E-state index is 14.2. The van der Waals surface area contributed by atoms with E-state index in [2.05, 4.69) is 6.58 Å². The van der Waals surface area contributed by atoms with Gasteiger partial charge in [0.15, 0.2) is 11.4 Å². The van der Waals surface area contributed by atoms with E-state index >= 15 is 0 Å². The average Bonchev–Trinajstić information content (AvgIpc) is 2.81. The molecule has 1 saturated carbocycles. The van der Waals surface area contributed by atoms with Crippen molar-refractivity contribution in [2.45, 2.75) is 30.5 Å². The number of carbonyl (C=O) groups excluding carboxylic acids is 2. The zero-order valence-electron chi connectivity index (χ0n) is 19.7. The maximum absolute atomic E-state index is 14.2. The molecular weight excluding hydrogens is 416 g/mol. The van der Waals surface area contributed by atoms with Crippen molar-refractivity contribution >= 4 is 11.6 Å². The number of carbonyl (C=O) groups is 2. The molecule has 8 nitrogen and oxygen atoms in total. The molecule has 0 aliphatic heterocycles. The van der Waals surface area contributed by atoms with Crippen LogP contribution in [0.3, 0.4) is 0 Å². The van der Waals surface area contributed by atoms with Crippen molar-refractivity contribution < 1.29 is 38.0 Å². The van der Waals surface area contributed by atoms with Crippen LogP contribution in [0.1, 0.15) is 13.3 Å². The molecule has 0 spiro atoms. The summed E-state index contributed by atoms with van der Waals surface area (Å²) in [6.07, 6.45) is 9.09. The minimum Gasteiger partial charge on any atom is -0.493 e. The van der Waals surface area contributed by atoms with E-state index in [0.717, 1.165) is 0 Å². The van der Waals surface area contributed by atoms with Crippen LogP contribution in [0.4, 0.5) is 0 Å². The predicted molar refractivity (Wildman–Crippen MR) is 115 cm³/mol. The van der Waals surface area contributed by atoms with Crippen molar-refractivity contribution in [1.82, 2.24) is 0 Å². The van der Waals surface area contributed by atoms with Crippen LogP contribution in [-0.4, -0.2) is 71.4 Å². The van der Waals surface area contributed by atoms with E-state index < -0.39 is 46.0 Å². The topological polar surface area (TPSA) is 89.5 Å². The van der Waals surface area contributed by atoms with Crippen molar-refractivity contribution in [3.05, 3.63) is 48.3 Å². The lowest BCUT2D eigenvalue weighted by Gasteiger charge is -2.67. The summed E-state index contributed by atoms with van der Waals surface area (Å²) in [7, 11) is 8.42. The third kappa shape index (κ3) is 2.55. The van der Waals surface area contributed by atoms with E-state index in [1.54, 1.807) is 18.2 Å². The number of Topliss-reactive ketones (excluding diaryl/α,β-unsaturated/α-hetero) is 2. The van der Waals surface area contributed by atoms with Crippen LogP contribution in [0.25, 0.3) is 0 Å². The van der Waals surface area contributed by atoms with Crippen molar-refractivity contribution in [3.8, 4) is 0 Å². The number of methoxy groups -OCH3 is 6. The summed E-state index contributed by atoms with van der Waals surface area (Å²) < 4.78 is 34.8. The number of hydrogen-bond acceptors (Lipinski definition) is 8. The minimum absolute atomic E-state index is 0.0185. The van der Waals surface area contributed by atoms with E-state index in [4.69, 9.17) is 28.4 Å². The van der Waals surface area contributed by atoms with E-state index in [1.165, 1.54) is 42.7 Å². The second-order valence-electron chi connectivity index (χ2n) is 8.10. The summed E-state index contributed by atoms with van der Waals surface area (Å²) in [4.78, 5) is 27.8. The Morgan fingerprint density at radius 3 is 1.97 bits per heavy atom. The van der Waals surface area contributed by atoms with Crippen molar-refractivity contribution in [1.29, 1.82) is 0 Å². The van der Waals surface area contributed by atoms with Crippen molar-refractivity contribution in [3.63, 3.8) is 0 Å². The molecule has 176 valence electrons. The SMILES string of the molecule is C=CCC12C=C(OC)C(=O)C(OC)(OC)C1C1C(/C=C/C)=CC2(OC)C(=O)C1(OC)OC. The van der Waals surface area contributed by atoms with Gasteiger partial charge >= 0.3 is 0 Å². The Bertz CT molecular complexity index is 892. The van der Waals surface area contributed by atoms with Gasteiger partial charge in [-0.2, -0.15) is 0 Å². The number of ether oxygens (including phenoxy) is 6. The molecule has 0 saturated heterocycles. The number of ketones is 2. The first kappa shape index (κ1) is 24.5. The highest BCUT2D eigenvalue weighted by molar-refractivity contribution is 6.05. The quantitative estimate of drug-likeness (QED) is 0.392. The molecule has 0 heterocycles. The molecule has 32 heavy (non-hydrogen) atoms. The molecule has 4 aliphatic carbocycles. The average molecular weight is 449 g/mol. The molecule has 0 aromatic carbocycles. The first-order valence-electron chi connectivity index (χ1n) is 10.3. The van der Waals surface area contributed by atoms with Crippen LogP contribution in [0.2, 0.25) is 0 Å². The maximum Gasteiger partial charge on any atom is 0.256 e. The van der Waals surface area contributed by atoms with Gasteiger partial charge in [-0.25, -0.2) is 0 Å². The van der Waals surface area contributed by atoms with Gasteiger partial charge in [0.1, 0.15) is 0 Å².